The minimum absolute atomic E-state index is 0.123. The number of aromatic nitrogens is 3. The molecule has 5 aromatic rings. The predicted octanol–water partition coefficient (Wildman–Crippen LogP) is 5.37. The van der Waals surface area contributed by atoms with Crippen LogP contribution in [-0.2, 0) is 4.79 Å². The van der Waals surface area contributed by atoms with Gasteiger partial charge in [-0.25, -0.2) is 14.1 Å². The van der Waals surface area contributed by atoms with Crippen LogP contribution in [0.5, 0.6) is 0 Å². The molecule has 9 heteroatoms. The van der Waals surface area contributed by atoms with Gasteiger partial charge in [0, 0.05) is 11.1 Å². The number of nitrogens with one attached hydrogen (secondary N) is 1. The number of amides is 2. The zero-order valence-corrected chi connectivity index (χ0v) is 21.6. The van der Waals surface area contributed by atoms with Crippen molar-refractivity contribution in [3.8, 4) is 5.69 Å². The molecule has 1 aliphatic rings. The number of nitrogens with zero attached hydrogens (tertiary/aromatic N) is 4. The third-order valence-corrected chi connectivity index (χ3v) is 7.42. The minimum Gasteiger partial charge on any atom is -0.438 e. The molecule has 0 radical (unpaired) electrons. The summed E-state index contributed by atoms with van der Waals surface area (Å²) in [7, 11) is 0. The largest absolute Gasteiger partial charge is 0.438 e. The molecule has 1 fully saturated rings. The van der Waals surface area contributed by atoms with Crippen LogP contribution in [0.2, 0.25) is 0 Å². The van der Waals surface area contributed by atoms with Gasteiger partial charge < -0.3 is 14.6 Å². The van der Waals surface area contributed by atoms with Crippen molar-refractivity contribution < 1.29 is 18.4 Å². The highest BCUT2D eigenvalue weighted by atomic mass is 19.1. The monoisotopic (exact) mass is 523 g/mol. The van der Waals surface area contributed by atoms with E-state index in [1.54, 1.807) is 34.8 Å². The highest BCUT2D eigenvalue weighted by molar-refractivity contribution is 6.04. The Labute approximate surface area is 224 Å². The summed E-state index contributed by atoms with van der Waals surface area (Å²) in [6.07, 6.45) is 2.95. The number of oxazole rings is 1. The van der Waals surface area contributed by atoms with E-state index < -0.39 is 23.4 Å². The first-order valence-electron chi connectivity index (χ1n) is 12.6. The fourth-order valence-corrected chi connectivity index (χ4v) is 5.33. The molecule has 3 aromatic carbocycles. The van der Waals surface area contributed by atoms with Crippen molar-refractivity contribution in [3.63, 3.8) is 0 Å². The first-order chi connectivity index (χ1) is 18.8. The van der Waals surface area contributed by atoms with E-state index >= 15 is 0 Å². The Morgan fingerprint density at radius 1 is 1.03 bits per heavy atom. The normalized spacial score (nSPS) is 18.6. The standard InChI is InChI=1S/C30H26FN5O3/c1-18-26(39-17-32-18)28(37)34-27-25(19-7-5-4-6-8-19)35(29(38)30(27,2)3)23-13-14-24-20(15-23)16-33-36(24)22-11-9-21(31)10-12-22/h4-17,25,27H,1-3H3,(H,34,37)/t25-,27-/m1/s1. The molecule has 196 valence electrons. The van der Waals surface area contributed by atoms with Gasteiger partial charge in [-0.3, -0.25) is 9.59 Å². The Balaban J connectivity index is 1.43. The molecule has 6 rings (SSSR count). The number of carbonyl (C=O) groups excluding carboxylic acids is 2. The summed E-state index contributed by atoms with van der Waals surface area (Å²) in [6, 6.07) is 20.4. The highest BCUT2D eigenvalue weighted by Gasteiger charge is 2.55. The van der Waals surface area contributed by atoms with E-state index in [9.17, 15) is 14.0 Å². The number of benzene rings is 3. The Morgan fingerprint density at radius 3 is 2.44 bits per heavy atom. The Morgan fingerprint density at radius 2 is 1.74 bits per heavy atom. The van der Waals surface area contributed by atoms with Crippen molar-refractivity contribution in [2.45, 2.75) is 32.9 Å². The second-order valence-corrected chi connectivity index (χ2v) is 10.2. The summed E-state index contributed by atoms with van der Waals surface area (Å²) in [5, 5.41) is 8.39. The van der Waals surface area contributed by atoms with Gasteiger partial charge in [-0.1, -0.05) is 30.3 Å². The molecule has 3 heterocycles. The number of rotatable bonds is 5. The average Bonchev–Trinajstić information content (AvgIpc) is 3.61. The molecular weight excluding hydrogens is 497 g/mol. The van der Waals surface area contributed by atoms with Crippen LogP contribution in [0.1, 0.15) is 41.7 Å². The van der Waals surface area contributed by atoms with E-state index in [2.05, 4.69) is 15.4 Å². The molecule has 1 N–H and O–H groups in total. The summed E-state index contributed by atoms with van der Waals surface area (Å²) in [6.45, 7) is 5.38. The van der Waals surface area contributed by atoms with Crippen LogP contribution in [0.4, 0.5) is 10.1 Å². The van der Waals surface area contributed by atoms with Crippen LogP contribution in [-0.4, -0.2) is 32.6 Å². The summed E-state index contributed by atoms with van der Waals surface area (Å²) in [5.74, 6) is -0.742. The smallest absolute Gasteiger partial charge is 0.289 e. The first kappa shape index (κ1) is 24.5. The second-order valence-electron chi connectivity index (χ2n) is 10.2. The van der Waals surface area contributed by atoms with Gasteiger partial charge in [-0.2, -0.15) is 5.10 Å². The van der Waals surface area contributed by atoms with Gasteiger partial charge >= 0.3 is 0 Å². The van der Waals surface area contributed by atoms with E-state index in [1.807, 2.05) is 62.4 Å². The van der Waals surface area contributed by atoms with Crippen molar-refractivity contribution in [2.24, 2.45) is 5.41 Å². The minimum atomic E-state index is -0.933. The number of hydrogen-bond donors (Lipinski definition) is 1. The molecule has 2 atom stereocenters. The number of halogens is 1. The zero-order valence-electron chi connectivity index (χ0n) is 21.6. The van der Waals surface area contributed by atoms with E-state index in [4.69, 9.17) is 4.42 Å². The molecule has 0 spiro atoms. The second kappa shape index (κ2) is 9.20. The van der Waals surface area contributed by atoms with E-state index in [1.165, 1.54) is 18.5 Å². The summed E-state index contributed by atoms with van der Waals surface area (Å²) in [5.41, 5.74) is 2.66. The molecule has 0 aliphatic carbocycles. The molecule has 1 saturated heterocycles. The SMILES string of the molecule is Cc1ncoc1C(=O)N[C@@H]1[C@@H](c2ccccc2)N(c2ccc3c(cnn3-c3ccc(F)cc3)c2)C(=O)C1(C)C. The van der Waals surface area contributed by atoms with Crippen molar-refractivity contribution in [1.82, 2.24) is 20.1 Å². The van der Waals surface area contributed by atoms with Crippen molar-refractivity contribution in [1.29, 1.82) is 0 Å². The van der Waals surface area contributed by atoms with Crippen LogP contribution >= 0.6 is 0 Å². The lowest BCUT2D eigenvalue weighted by Gasteiger charge is -2.30. The predicted molar refractivity (Wildman–Crippen MR) is 144 cm³/mol. The highest BCUT2D eigenvalue weighted by Crippen LogP contribution is 2.47. The lowest BCUT2D eigenvalue weighted by atomic mass is 9.82. The van der Waals surface area contributed by atoms with Gasteiger partial charge in [-0.05, 0) is 68.8 Å². The molecule has 39 heavy (non-hydrogen) atoms. The molecule has 1 aliphatic heterocycles. The Bertz CT molecular complexity index is 1690. The average molecular weight is 524 g/mol. The molecule has 2 amide bonds. The van der Waals surface area contributed by atoms with Gasteiger partial charge in [0.1, 0.15) is 5.82 Å². The van der Waals surface area contributed by atoms with Gasteiger partial charge in [0.25, 0.3) is 5.91 Å². The topological polar surface area (TPSA) is 93.3 Å². The molecular formula is C30H26FN5O3. The summed E-state index contributed by atoms with van der Waals surface area (Å²) in [4.78, 5) is 33.0. The summed E-state index contributed by atoms with van der Waals surface area (Å²) >= 11 is 0. The number of hydrogen-bond acceptors (Lipinski definition) is 5. The van der Waals surface area contributed by atoms with Crippen molar-refractivity contribution in [3.05, 3.63) is 108 Å². The lowest BCUT2D eigenvalue weighted by Crippen LogP contribution is -2.46. The first-order valence-corrected chi connectivity index (χ1v) is 12.6. The maximum absolute atomic E-state index is 14.0. The van der Waals surface area contributed by atoms with Crippen molar-refractivity contribution >= 4 is 28.4 Å². The number of aryl methyl sites for hydroxylation is 1. The van der Waals surface area contributed by atoms with E-state index in [0.29, 0.717) is 11.4 Å². The lowest BCUT2D eigenvalue weighted by molar-refractivity contribution is -0.124. The summed E-state index contributed by atoms with van der Waals surface area (Å²) < 4.78 is 20.5. The van der Waals surface area contributed by atoms with Gasteiger partial charge in [0.2, 0.25) is 11.7 Å². The maximum Gasteiger partial charge on any atom is 0.289 e. The van der Waals surface area contributed by atoms with Crippen LogP contribution in [0.3, 0.4) is 0 Å². The Kier molecular flexibility index (Phi) is 5.79. The van der Waals surface area contributed by atoms with Crippen LogP contribution in [0.15, 0.2) is 89.8 Å². The van der Waals surface area contributed by atoms with Crippen LogP contribution < -0.4 is 10.2 Å². The van der Waals surface area contributed by atoms with Crippen LogP contribution in [0.25, 0.3) is 16.6 Å². The zero-order chi connectivity index (χ0) is 27.3. The molecule has 0 saturated carbocycles. The van der Waals surface area contributed by atoms with E-state index in [-0.39, 0.29) is 17.5 Å². The number of anilines is 1. The number of fused-ring (bicyclic) bond motifs is 1. The molecule has 2 aromatic heterocycles. The quantitative estimate of drug-likeness (QED) is 0.334. The van der Waals surface area contributed by atoms with Gasteiger partial charge in [0.15, 0.2) is 6.39 Å². The fourth-order valence-electron chi connectivity index (χ4n) is 5.33. The maximum atomic E-state index is 14.0. The molecule has 8 nitrogen and oxygen atoms in total. The fraction of sp³-hybridized carbons (Fsp3) is 0.200. The van der Waals surface area contributed by atoms with Crippen molar-refractivity contribution in [2.75, 3.05) is 4.90 Å². The van der Waals surface area contributed by atoms with Gasteiger partial charge in [-0.15, -0.1) is 0 Å². The van der Waals surface area contributed by atoms with E-state index in [0.717, 1.165) is 22.2 Å². The third kappa shape index (κ3) is 4.06. The third-order valence-electron chi connectivity index (χ3n) is 7.42. The Hall–Kier alpha value is -4.79. The molecule has 0 bridgehead atoms. The van der Waals surface area contributed by atoms with Gasteiger partial charge in [0.05, 0.1) is 40.6 Å². The number of carbonyl (C=O) groups is 2. The molecule has 0 unspecified atom stereocenters. The van der Waals surface area contributed by atoms with Crippen LogP contribution in [0, 0.1) is 18.2 Å².